The summed E-state index contributed by atoms with van der Waals surface area (Å²) >= 11 is 3.45. The van der Waals surface area contributed by atoms with Crippen molar-refractivity contribution >= 4 is 15.9 Å². The van der Waals surface area contributed by atoms with Gasteiger partial charge < -0.3 is 0 Å². The molecule has 3 rings (SSSR count). The van der Waals surface area contributed by atoms with Crippen LogP contribution in [0.4, 0.5) is 0 Å². The highest BCUT2D eigenvalue weighted by Gasteiger charge is 2.02. The third kappa shape index (κ3) is 2.93. The summed E-state index contributed by atoms with van der Waals surface area (Å²) < 4.78 is 3.06. The minimum atomic E-state index is 0.803. The Labute approximate surface area is 120 Å². The number of aromatic nitrogens is 2. The Morgan fingerprint density at radius 2 is 1.63 bits per heavy atom. The predicted octanol–water partition coefficient (Wildman–Crippen LogP) is 4.36. The normalized spacial score (nSPS) is 10.6. The quantitative estimate of drug-likeness (QED) is 0.702. The Kier molecular flexibility index (Phi) is 3.47. The van der Waals surface area contributed by atoms with Crippen LogP contribution in [0.15, 0.2) is 71.5 Å². The van der Waals surface area contributed by atoms with E-state index >= 15 is 0 Å². The van der Waals surface area contributed by atoms with Gasteiger partial charge in [-0.2, -0.15) is 5.10 Å². The van der Waals surface area contributed by atoms with Crippen molar-refractivity contribution in [3.05, 3.63) is 77.0 Å². The molecule has 3 heteroatoms. The van der Waals surface area contributed by atoms with Crippen LogP contribution in [0, 0.1) is 0 Å². The van der Waals surface area contributed by atoms with Crippen molar-refractivity contribution in [2.24, 2.45) is 0 Å². The van der Waals surface area contributed by atoms with Gasteiger partial charge in [-0.05, 0) is 23.3 Å². The third-order valence-corrected chi connectivity index (χ3v) is 3.53. The van der Waals surface area contributed by atoms with Crippen LogP contribution in [0.5, 0.6) is 0 Å². The van der Waals surface area contributed by atoms with Crippen LogP contribution in [0.25, 0.3) is 11.1 Å². The predicted molar refractivity (Wildman–Crippen MR) is 80.9 cm³/mol. The second-order valence-corrected chi connectivity index (χ2v) is 5.33. The average molecular weight is 313 g/mol. The first kappa shape index (κ1) is 12.2. The maximum atomic E-state index is 4.42. The van der Waals surface area contributed by atoms with E-state index in [1.807, 2.05) is 29.1 Å². The molecule has 0 radical (unpaired) electrons. The van der Waals surface area contributed by atoms with E-state index in [1.54, 1.807) is 0 Å². The smallest absolute Gasteiger partial charge is 0.0659 e. The number of hydrogen-bond donors (Lipinski definition) is 0. The fourth-order valence-electron chi connectivity index (χ4n) is 2.01. The van der Waals surface area contributed by atoms with Crippen molar-refractivity contribution in [2.75, 3.05) is 0 Å². The minimum absolute atomic E-state index is 0.803. The summed E-state index contributed by atoms with van der Waals surface area (Å²) in [4.78, 5) is 0. The van der Waals surface area contributed by atoms with Gasteiger partial charge in [-0.25, -0.2) is 0 Å². The van der Waals surface area contributed by atoms with E-state index in [2.05, 4.69) is 63.6 Å². The first-order chi connectivity index (χ1) is 9.31. The molecular formula is C16H13BrN2. The lowest BCUT2D eigenvalue weighted by atomic mass is 10.1. The molecule has 0 spiro atoms. The Balaban J connectivity index is 1.82. The SMILES string of the molecule is Brc1ccc(-c2cnn(Cc3ccccc3)c2)cc1. The molecule has 1 heterocycles. The molecular weight excluding hydrogens is 300 g/mol. The van der Waals surface area contributed by atoms with Crippen LogP contribution >= 0.6 is 15.9 Å². The van der Waals surface area contributed by atoms with Gasteiger partial charge in [0.2, 0.25) is 0 Å². The number of halogens is 1. The van der Waals surface area contributed by atoms with Crippen LogP contribution < -0.4 is 0 Å². The molecule has 0 aliphatic rings. The van der Waals surface area contributed by atoms with Crippen LogP contribution in [0.2, 0.25) is 0 Å². The highest BCUT2D eigenvalue weighted by molar-refractivity contribution is 9.10. The third-order valence-electron chi connectivity index (χ3n) is 3.00. The van der Waals surface area contributed by atoms with Crippen molar-refractivity contribution in [1.82, 2.24) is 9.78 Å². The maximum Gasteiger partial charge on any atom is 0.0659 e. The molecule has 0 unspecified atom stereocenters. The van der Waals surface area contributed by atoms with Crippen LogP contribution in [0.1, 0.15) is 5.56 Å². The van der Waals surface area contributed by atoms with Crippen molar-refractivity contribution < 1.29 is 0 Å². The molecule has 94 valence electrons. The first-order valence-corrected chi connectivity index (χ1v) is 6.93. The summed E-state index contributed by atoms with van der Waals surface area (Å²) in [6, 6.07) is 18.6. The van der Waals surface area contributed by atoms with E-state index < -0.39 is 0 Å². The molecule has 0 N–H and O–H groups in total. The zero-order chi connectivity index (χ0) is 13.1. The zero-order valence-electron chi connectivity index (χ0n) is 10.3. The first-order valence-electron chi connectivity index (χ1n) is 6.13. The van der Waals surface area contributed by atoms with E-state index in [1.165, 1.54) is 11.1 Å². The molecule has 1 aromatic heterocycles. The fourth-order valence-corrected chi connectivity index (χ4v) is 2.28. The molecule has 2 aromatic carbocycles. The molecule has 19 heavy (non-hydrogen) atoms. The molecule has 0 saturated carbocycles. The monoisotopic (exact) mass is 312 g/mol. The Hall–Kier alpha value is -1.87. The van der Waals surface area contributed by atoms with Gasteiger partial charge in [0, 0.05) is 16.2 Å². The maximum absolute atomic E-state index is 4.42. The van der Waals surface area contributed by atoms with Gasteiger partial charge in [-0.15, -0.1) is 0 Å². The number of rotatable bonds is 3. The Morgan fingerprint density at radius 3 is 2.37 bits per heavy atom. The lowest BCUT2D eigenvalue weighted by Gasteiger charge is -2.01. The zero-order valence-corrected chi connectivity index (χ0v) is 11.9. The highest BCUT2D eigenvalue weighted by Crippen LogP contribution is 2.21. The second kappa shape index (κ2) is 5.41. The van der Waals surface area contributed by atoms with Crippen LogP contribution in [0.3, 0.4) is 0 Å². The van der Waals surface area contributed by atoms with Gasteiger partial charge in [0.05, 0.1) is 12.7 Å². The summed E-state index contributed by atoms with van der Waals surface area (Å²) in [6.07, 6.45) is 3.99. The average Bonchev–Trinajstić information content (AvgIpc) is 2.89. The van der Waals surface area contributed by atoms with E-state index in [-0.39, 0.29) is 0 Å². The van der Waals surface area contributed by atoms with Crippen molar-refractivity contribution in [2.45, 2.75) is 6.54 Å². The summed E-state index contributed by atoms with van der Waals surface area (Å²) in [7, 11) is 0. The number of benzene rings is 2. The van der Waals surface area contributed by atoms with Gasteiger partial charge in [-0.1, -0.05) is 58.4 Å². The molecule has 3 aromatic rings. The minimum Gasteiger partial charge on any atom is -0.268 e. The molecule has 2 nitrogen and oxygen atoms in total. The van der Waals surface area contributed by atoms with Gasteiger partial charge in [0.15, 0.2) is 0 Å². The van der Waals surface area contributed by atoms with E-state index in [0.29, 0.717) is 0 Å². The molecule has 0 aliphatic heterocycles. The van der Waals surface area contributed by atoms with Gasteiger partial charge in [0.1, 0.15) is 0 Å². The van der Waals surface area contributed by atoms with Crippen LogP contribution in [-0.4, -0.2) is 9.78 Å². The van der Waals surface area contributed by atoms with Crippen molar-refractivity contribution in [1.29, 1.82) is 0 Å². The van der Waals surface area contributed by atoms with Gasteiger partial charge >= 0.3 is 0 Å². The lowest BCUT2D eigenvalue weighted by Crippen LogP contribution is -1.99. The molecule has 0 aliphatic carbocycles. The summed E-state index contributed by atoms with van der Waals surface area (Å²) in [5.41, 5.74) is 3.58. The standard InChI is InChI=1S/C16H13BrN2/c17-16-8-6-14(7-9-16)15-10-18-19(12-15)11-13-4-2-1-3-5-13/h1-10,12H,11H2. The van der Waals surface area contributed by atoms with Crippen molar-refractivity contribution in [3.63, 3.8) is 0 Å². The van der Waals surface area contributed by atoms with Gasteiger partial charge in [0.25, 0.3) is 0 Å². The molecule has 0 atom stereocenters. The van der Waals surface area contributed by atoms with Gasteiger partial charge in [-0.3, -0.25) is 4.68 Å². The van der Waals surface area contributed by atoms with E-state index in [9.17, 15) is 0 Å². The fraction of sp³-hybridized carbons (Fsp3) is 0.0625. The van der Waals surface area contributed by atoms with Crippen molar-refractivity contribution in [3.8, 4) is 11.1 Å². The highest BCUT2D eigenvalue weighted by atomic mass is 79.9. The number of hydrogen-bond acceptors (Lipinski definition) is 1. The summed E-state index contributed by atoms with van der Waals surface area (Å²) in [5.74, 6) is 0. The second-order valence-electron chi connectivity index (χ2n) is 4.42. The molecule has 0 saturated heterocycles. The Morgan fingerprint density at radius 1 is 0.895 bits per heavy atom. The largest absolute Gasteiger partial charge is 0.268 e. The number of nitrogens with zero attached hydrogens (tertiary/aromatic N) is 2. The van der Waals surface area contributed by atoms with E-state index in [0.717, 1.165) is 16.6 Å². The molecule has 0 amide bonds. The van der Waals surface area contributed by atoms with Crippen LogP contribution in [-0.2, 0) is 6.54 Å². The molecule has 0 bridgehead atoms. The topological polar surface area (TPSA) is 17.8 Å². The lowest BCUT2D eigenvalue weighted by molar-refractivity contribution is 0.687. The molecule has 0 fully saturated rings. The van der Waals surface area contributed by atoms with E-state index in [4.69, 9.17) is 0 Å². The summed E-state index contributed by atoms with van der Waals surface area (Å²) in [5, 5.41) is 4.42. The Bertz CT molecular complexity index is 657. The summed E-state index contributed by atoms with van der Waals surface area (Å²) in [6.45, 7) is 0.803.